The number of carbonyl (C=O) groups is 2. The molecule has 7 nitrogen and oxygen atoms in total. The molecule has 1 aliphatic heterocycles. The zero-order valence-corrected chi connectivity index (χ0v) is 21.3. The largest absolute Gasteiger partial charge is 0.503 e. The van der Waals surface area contributed by atoms with Gasteiger partial charge in [0.05, 0.1) is 0 Å². The van der Waals surface area contributed by atoms with Crippen molar-refractivity contribution in [3.63, 3.8) is 0 Å². The number of Topliss-reactive ketones (excluding diaryl/α,β-unsaturated/α-hetero) is 1. The molecule has 1 aromatic carbocycles. The number of rotatable bonds is 9. The highest BCUT2D eigenvalue weighted by Gasteiger charge is 2.24. The Morgan fingerprint density at radius 3 is 2.29 bits per heavy atom. The van der Waals surface area contributed by atoms with Gasteiger partial charge in [0.15, 0.2) is 17.2 Å². The van der Waals surface area contributed by atoms with Gasteiger partial charge in [0.1, 0.15) is 10.9 Å². The molecule has 2 aromatic rings. The van der Waals surface area contributed by atoms with E-state index in [-0.39, 0.29) is 41.9 Å². The fourth-order valence-corrected chi connectivity index (χ4v) is 4.74. The zero-order chi connectivity index (χ0) is 24.9. The van der Waals surface area contributed by atoms with Gasteiger partial charge in [-0.25, -0.2) is 9.97 Å². The summed E-state index contributed by atoms with van der Waals surface area (Å²) in [6.07, 6.45) is 4.63. The maximum Gasteiger partial charge on any atom is 0.303 e. The molecule has 0 radical (unpaired) electrons. The molecule has 0 unspecified atom stereocenters. The first-order valence-electron chi connectivity index (χ1n) is 11.8. The fraction of sp³-hybridized carbons (Fsp3) is 0.538. The lowest BCUT2D eigenvalue weighted by molar-refractivity contribution is -0.137. The van der Waals surface area contributed by atoms with Crippen molar-refractivity contribution in [3.05, 3.63) is 41.3 Å². The molecule has 0 spiro atoms. The zero-order valence-electron chi connectivity index (χ0n) is 20.5. The monoisotopic (exact) mass is 485 g/mol. The van der Waals surface area contributed by atoms with E-state index < -0.39 is 5.97 Å². The summed E-state index contributed by atoms with van der Waals surface area (Å²) in [5, 5.41) is 19.6. The third-order valence-corrected chi connectivity index (χ3v) is 7.01. The average molecular weight is 486 g/mol. The van der Waals surface area contributed by atoms with E-state index in [1.165, 1.54) is 23.0 Å². The van der Waals surface area contributed by atoms with E-state index in [2.05, 4.69) is 59.9 Å². The summed E-state index contributed by atoms with van der Waals surface area (Å²) in [5.41, 5.74) is 2.72. The highest BCUT2D eigenvalue weighted by Crippen LogP contribution is 2.31. The van der Waals surface area contributed by atoms with E-state index in [1.54, 1.807) is 6.26 Å². The predicted molar refractivity (Wildman–Crippen MR) is 135 cm³/mol. The molecule has 1 aromatic heterocycles. The molecule has 0 aliphatic carbocycles. The van der Waals surface area contributed by atoms with E-state index in [9.17, 15) is 14.7 Å². The third-order valence-electron chi connectivity index (χ3n) is 6.33. The smallest absolute Gasteiger partial charge is 0.303 e. The minimum Gasteiger partial charge on any atom is -0.503 e. The minimum atomic E-state index is -0.943. The van der Waals surface area contributed by atoms with Crippen LogP contribution in [0.4, 0.5) is 5.69 Å². The van der Waals surface area contributed by atoms with Gasteiger partial charge in [0.25, 0.3) is 0 Å². The molecular formula is C26H35N3O4S. The molecule has 0 atom stereocenters. The number of aromatic nitrogens is 2. The van der Waals surface area contributed by atoms with Crippen LogP contribution in [0.15, 0.2) is 29.3 Å². The lowest BCUT2D eigenvalue weighted by Gasteiger charge is -2.34. The van der Waals surface area contributed by atoms with Crippen LogP contribution in [0.5, 0.6) is 5.75 Å². The number of piperidine rings is 1. The summed E-state index contributed by atoms with van der Waals surface area (Å²) in [4.78, 5) is 34.6. The van der Waals surface area contributed by atoms with Gasteiger partial charge in [0, 0.05) is 38.0 Å². The topological polar surface area (TPSA) is 104 Å². The Hall–Kier alpha value is -2.61. The maximum atomic E-state index is 12.6. The van der Waals surface area contributed by atoms with Gasteiger partial charge in [0.2, 0.25) is 0 Å². The van der Waals surface area contributed by atoms with Crippen molar-refractivity contribution < 1.29 is 19.8 Å². The number of thioether (sulfide) groups is 1. The van der Waals surface area contributed by atoms with Gasteiger partial charge in [-0.1, -0.05) is 32.9 Å². The Bertz CT molecular complexity index is 1010. The molecule has 1 saturated heterocycles. The van der Waals surface area contributed by atoms with Gasteiger partial charge < -0.3 is 15.1 Å². The Balaban J connectivity index is 1.63. The average Bonchev–Trinajstić information content (AvgIpc) is 2.79. The lowest BCUT2D eigenvalue weighted by atomic mass is 9.87. The summed E-state index contributed by atoms with van der Waals surface area (Å²) < 4.78 is 0. The molecule has 2 heterocycles. The Morgan fingerprint density at radius 1 is 1.09 bits per heavy atom. The number of hydrogen-bond donors (Lipinski definition) is 2. The number of ketones is 1. The maximum absolute atomic E-state index is 12.6. The molecule has 8 heteroatoms. The third kappa shape index (κ3) is 6.72. The quantitative estimate of drug-likeness (QED) is 0.287. The second-order valence-electron chi connectivity index (χ2n) is 9.95. The van der Waals surface area contributed by atoms with Crippen molar-refractivity contribution in [2.24, 2.45) is 5.92 Å². The first-order chi connectivity index (χ1) is 16.1. The molecule has 184 valence electrons. The van der Waals surface area contributed by atoms with E-state index in [0.717, 1.165) is 25.9 Å². The molecule has 2 N–H and O–H groups in total. The highest BCUT2D eigenvalue weighted by molar-refractivity contribution is 7.98. The van der Waals surface area contributed by atoms with Gasteiger partial charge >= 0.3 is 5.97 Å². The van der Waals surface area contributed by atoms with Crippen molar-refractivity contribution in [1.29, 1.82) is 0 Å². The molecule has 0 bridgehead atoms. The van der Waals surface area contributed by atoms with Crippen LogP contribution in [-0.4, -0.2) is 51.3 Å². The summed E-state index contributed by atoms with van der Waals surface area (Å²) in [5.74, 6) is -0.519. The van der Waals surface area contributed by atoms with Crippen molar-refractivity contribution in [1.82, 2.24) is 9.97 Å². The van der Waals surface area contributed by atoms with Crippen LogP contribution < -0.4 is 4.90 Å². The first kappa shape index (κ1) is 26.0. The van der Waals surface area contributed by atoms with E-state index in [0.29, 0.717) is 23.2 Å². The first-order valence-corrected chi connectivity index (χ1v) is 13.0. The van der Waals surface area contributed by atoms with Crippen LogP contribution >= 0.6 is 11.8 Å². The summed E-state index contributed by atoms with van der Waals surface area (Å²) in [7, 11) is 0. The Labute approximate surface area is 206 Å². The second kappa shape index (κ2) is 11.2. The van der Waals surface area contributed by atoms with E-state index in [4.69, 9.17) is 5.11 Å². The highest BCUT2D eigenvalue weighted by atomic mass is 32.2. The van der Waals surface area contributed by atoms with Crippen molar-refractivity contribution in [3.8, 4) is 5.75 Å². The van der Waals surface area contributed by atoms with Crippen LogP contribution in [0.2, 0.25) is 0 Å². The molecule has 1 aliphatic rings. The minimum absolute atomic E-state index is 0.0103. The number of carbonyl (C=O) groups excluding carboxylic acids is 1. The fourth-order valence-electron chi connectivity index (χ4n) is 4.25. The van der Waals surface area contributed by atoms with Crippen molar-refractivity contribution in [2.45, 2.75) is 69.7 Å². The van der Waals surface area contributed by atoms with Crippen molar-refractivity contribution >= 4 is 29.2 Å². The summed E-state index contributed by atoms with van der Waals surface area (Å²) in [6, 6.07) is 8.84. The number of carboxylic acid groups (broad SMARTS) is 1. The van der Waals surface area contributed by atoms with Gasteiger partial charge in [-0.2, -0.15) is 0 Å². The van der Waals surface area contributed by atoms with E-state index in [1.807, 2.05) is 0 Å². The SMILES string of the molecule is CSc1nc(CC2CCN(c3ccc(C(C)(C)C)cc3)CC2)nc(C(=O)CCCC(=O)O)c1O. The number of aromatic hydroxyl groups is 1. The normalized spacial score (nSPS) is 14.9. The number of benzene rings is 1. The molecular weight excluding hydrogens is 450 g/mol. The number of aliphatic carboxylic acids is 1. The van der Waals surface area contributed by atoms with Crippen LogP contribution in [0, 0.1) is 5.92 Å². The second-order valence-corrected chi connectivity index (χ2v) is 10.7. The molecule has 1 fully saturated rings. The number of carboxylic acids is 1. The van der Waals surface area contributed by atoms with Crippen molar-refractivity contribution in [2.75, 3.05) is 24.2 Å². The Morgan fingerprint density at radius 2 is 1.74 bits per heavy atom. The number of anilines is 1. The lowest BCUT2D eigenvalue weighted by Crippen LogP contribution is -2.34. The van der Waals surface area contributed by atoms with Crippen LogP contribution in [0.25, 0.3) is 0 Å². The van der Waals surface area contributed by atoms with Gasteiger partial charge in [-0.3, -0.25) is 9.59 Å². The predicted octanol–water partition coefficient (Wildman–Crippen LogP) is 5.10. The molecule has 3 rings (SSSR count). The number of nitrogens with zero attached hydrogens (tertiary/aromatic N) is 3. The van der Waals surface area contributed by atoms with E-state index >= 15 is 0 Å². The Kier molecular flexibility index (Phi) is 8.57. The van der Waals surface area contributed by atoms with Gasteiger partial charge in [-0.15, -0.1) is 11.8 Å². The summed E-state index contributed by atoms with van der Waals surface area (Å²) >= 11 is 1.28. The van der Waals surface area contributed by atoms with Gasteiger partial charge in [-0.05, 0) is 54.5 Å². The molecule has 0 saturated carbocycles. The standard InChI is InChI=1S/C26H35N3O4S/c1-26(2,3)18-8-10-19(11-9-18)29-14-12-17(13-15-29)16-21-27-23(24(33)25(28-21)34-4)20(30)6-5-7-22(31)32/h8-11,17,33H,5-7,12-16H2,1-4H3,(H,31,32). The van der Waals surface area contributed by atoms with Crippen LogP contribution in [-0.2, 0) is 16.6 Å². The van der Waals surface area contributed by atoms with Crippen LogP contribution in [0.1, 0.15) is 74.8 Å². The summed E-state index contributed by atoms with van der Waals surface area (Å²) in [6.45, 7) is 8.56. The molecule has 34 heavy (non-hydrogen) atoms. The van der Waals surface area contributed by atoms with Crippen LogP contribution in [0.3, 0.4) is 0 Å². The molecule has 0 amide bonds. The number of hydrogen-bond acceptors (Lipinski definition) is 7.